The highest BCUT2D eigenvalue weighted by molar-refractivity contribution is 5.91. The van der Waals surface area contributed by atoms with Gasteiger partial charge in [0.25, 0.3) is 0 Å². The number of carbonyl (C=O) groups excluding carboxylic acids is 1. The number of benzene rings is 1. The molecule has 1 heterocycles. The number of ketones is 1. The fourth-order valence-corrected chi connectivity index (χ4v) is 2.23. The van der Waals surface area contributed by atoms with Gasteiger partial charge in [0.1, 0.15) is 11.5 Å². The van der Waals surface area contributed by atoms with Crippen molar-refractivity contribution in [3.63, 3.8) is 0 Å². The van der Waals surface area contributed by atoms with Crippen LogP contribution in [0.4, 0.5) is 0 Å². The fourth-order valence-electron chi connectivity index (χ4n) is 2.23. The molecule has 3 nitrogen and oxygen atoms in total. The Balaban J connectivity index is 2.71. The molecule has 2 aromatic rings. The van der Waals surface area contributed by atoms with Crippen molar-refractivity contribution in [3.8, 4) is 5.75 Å². The maximum Gasteiger partial charge on any atom is 0.134 e. The van der Waals surface area contributed by atoms with Gasteiger partial charge < -0.3 is 9.30 Å². The highest BCUT2D eigenvalue weighted by Crippen LogP contribution is 2.28. The molecule has 90 valence electrons. The van der Waals surface area contributed by atoms with Crippen LogP contribution in [0.25, 0.3) is 10.9 Å². The van der Waals surface area contributed by atoms with E-state index in [1.807, 2.05) is 32.2 Å². The summed E-state index contributed by atoms with van der Waals surface area (Å²) in [6.07, 6.45) is 0.482. The minimum atomic E-state index is 0.184. The summed E-state index contributed by atoms with van der Waals surface area (Å²) >= 11 is 0. The van der Waals surface area contributed by atoms with Gasteiger partial charge in [-0.3, -0.25) is 4.79 Å². The van der Waals surface area contributed by atoms with Crippen molar-refractivity contribution in [3.05, 3.63) is 29.5 Å². The van der Waals surface area contributed by atoms with E-state index in [9.17, 15) is 4.79 Å². The Bertz CT molecular complexity index is 581. The number of aryl methyl sites for hydroxylation is 1. The van der Waals surface area contributed by atoms with Gasteiger partial charge in [0.15, 0.2) is 0 Å². The molecule has 3 heteroatoms. The molecule has 0 aliphatic heterocycles. The molecule has 0 atom stereocenters. The first kappa shape index (κ1) is 11.7. The van der Waals surface area contributed by atoms with E-state index in [-0.39, 0.29) is 5.78 Å². The van der Waals surface area contributed by atoms with Gasteiger partial charge >= 0.3 is 0 Å². The molecule has 1 aromatic heterocycles. The largest absolute Gasteiger partial charge is 0.497 e. The Morgan fingerprint density at radius 2 is 2.12 bits per heavy atom. The molecular weight excluding hydrogens is 214 g/mol. The number of methoxy groups -OCH3 is 1. The fraction of sp³-hybridized carbons (Fsp3) is 0.357. The molecule has 0 saturated heterocycles. The van der Waals surface area contributed by atoms with Crippen molar-refractivity contribution >= 4 is 16.7 Å². The van der Waals surface area contributed by atoms with Gasteiger partial charge in [-0.15, -0.1) is 0 Å². The highest BCUT2D eigenvalue weighted by Gasteiger charge is 2.13. The first-order chi connectivity index (χ1) is 8.04. The molecule has 0 aliphatic rings. The Morgan fingerprint density at radius 3 is 2.71 bits per heavy atom. The SMILES string of the molecule is COc1ccc2c(c1)c(CC(C)=O)c(C)n2C. The standard InChI is InChI=1S/C14H17NO2/c1-9(16)7-12-10(2)15(3)14-6-5-11(17-4)8-13(12)14/h5-6,8H,7H2,1-4H3. The number of hydrogen-bond acceptors (Lipinski definition) is 2. The smallest absolute Gasteiger partial charge is 0.134 e. The third-order valence-electron chi connectivity index (χ3n) is 3.26. The second kappa shape index (κ2) is 4.24. The lowest BCUT2D eigenvalue weighted by Gasteiger charge is -2.01. The number of carbonyl (C=O) groups is 1. The Morgan fingerprint density at radius 1 is 1.41 bits per heavy atom. The van der Waals surface area contributed by atoms with Gasteiger partial charge in [-0.25, -0.2) is 0 Å². The summed E-state index contributed by atoms with van der Waals surface area (Å²) in [6, 6.07) is 5.98. The zero-order valence-corrected chi connectivity index (χ0v) is 10.7. The summed E-state index contributed by atoms with van der Waals surface area (Å²) in [6.45, 7) is 3.67. The number of Topliss-reactive ketones (excluding diaryl/α,β-unsaturated/α-hetero) is 1. The predicted molar refractivity (Wildman–Crippen MR) is 68.6 cm³/mol. The normalized spacial score (nSPS) is 10.8. The van der Waals surface area contributed by atoms with E-state index in [4.69, 9.17) is 4.74 Å². The molecule has 0 radical (unpaired) electrons. The lowest BCUT2D eigenvalue weighted by molar-refractivity contribution is -0.116. The van der Waals surface area contributed by atoms with E-state index >= 15 is 0 Å². The van der Waals surface area contributed by atoms with Gasteiger partial charge in [-0.2, -0.15) is 0 Å². The van der Waals surface area contributed by atoms with Crippen LogP contribution >= 0.6 is 0 Å². The first-order valence-electron chi connectivity index (χ1n) is 5.66. The van der Waals surface area contributed by atoms with Crippen LogP contribution in [0.2, 0.25) is 0 Å². The molecule has 0 amide bonds. The summed E-state index contributed by atoms with van der Waals surface area (Å²) in [4.78, 5) is 11.3. The molecule has 0 N–H and O–H groups in total. The molecule has 0 aliphatic carbocycles. The van der Waals surface area contributed by atoms with Crippen molar-refractivity contribution in [2.75, 3.05) is 7.11 Å². The Hall–Kier alpha value is -1.77. The quantitative estimate of drug-likeness (QED) is 0.813. The summed E-state index contributed by atoms with van der Waals surface area (Å²) in [5.74, 6) is 1.01. The van der Waals surface area contributed by atoms with Crippen LogP contribution in [0.15, 0.2) is 18.2 Å². The minimum Gasteiger partial charge on any atom is -0.497 e. The monoisotopic (exact) mass is 231 g/mol. The van der Waals surface area contributed by atoms with Crippen molar-refractivity contribution in [2.24, 2.45) is 7.05 Å². The van der Waals surface area contributed by atoms with Crippen molar-refractivity contribution in [1.82, 2.24) is 4.57 Å². The number of rotatable bonds is 3. The van der Waals surface area contributed by atoms with Gasteiger partial charge in [0.2, 0.25) is 0 Å². The minimum absolute atomic E-state index is 0.184. The van der Waals surface area contributed by atoms with Gasteiger partial charge in [-0.1, -0.05) is 0 Å². The average Bonchev–Trinajstić information content (AvgIpc) is 2.53. The van der Waals surface area contributed by atoms with E-state index in [0.29, 0.717) is 6.42 Å². The zero-order chi connectivity index (χ0) is 12.6. The second-order valence-corrected chi connectivity index (χ2v) is 4.38. The van der Waals surface area contributed by atoms with Crippen LogP contribution < -0.4 is 4.74 Å². The summed E-state index contributed by atoms with van der Waals surface area (Å²) in [5.41, 5.74) is 3.39. The number of ether oxygens (including phenoxy) is 1. The van der Waals surface area contributed by atoms with Crippen LogP contribution in [0, 0.1) is 6.92 Å². The maximum atomic E-state index is 11.3. The lowest BCUT2D eigenvalue weighted by atomic mass is 10.1. The topological polar surface area (TPSA) is 31.2 Å². The molecule has 0 fully saturated rings. The van der Waals surface area contributed by atoms with Crippen molar-refractivity contribution < 1.29 is 9.53 Å². The molecule has 0 bridgehead atoms. The highest BCUT2D eigenvalue weighted by atomic mass is 16.5. The summed E-state index contributed by atoms with van der Waals surface area (Å²) in [5, 5.41) is 1.11. The maximum absolute atomic E-state index is 11.3. The molecule has 0 saturated carbocycles. The van der Waals surface area contributed by atoms with Gasteiger partial charge in [0, 0.05) is 30.1 Å². The van der Waals surface area contributed by atoms with E-state index in [0.717, 1.165) is 27.9 Å². The number of nitrogens with zero attached hydrogens (tertiary/aromatic N) is 1. The molecule has 0 unspecified atom stereocenters. The van der Waals surface area contributed by atoms with Crippen LogP contribution in [-0.2, 0) is 18.3 Å². The second-order valence-electron chi connectivity index (χ2n) is 4.38. The van der Waals surface area contributed by atoms with Crippen LogP contribution in [0.5, 0.6) is 5.75 Å². The molecule has 2 rings (SSSR count). The lowest BCUT2D eigenvalue weighted by Crippen LogP contribution is -1.99. The van der Waals surface area contributed by atoms with E-state index in [2.05, 4.69) is 4.57 Å². The third kappa shape index (κ3) is 1.93. The third-order valence-corrected chi connectivity index (χ3v) is 3.26. The molecule has 1 aromatic carbocycles. The Labute approximate surface area is 101 Å². The number of fused-ring (bicyclic) bond motifs is 1. The van der Waals surface area contributed by atoms with E-state index in [1.165, 1.54) is 0 Å². The van der Waals surface area contributed by atoms with E-state index in [1.54, 1.807) is 14.0 Å². The Kier molecular flexibility index (Phi) is 2.92. The van der Waals surface area contributed by atoms with Crippen molar-refractivity contribution in [1.29, 1.82) is 0 Å². The number of aromatic nitrogens is 1. The summed E-state index contributed by atoms with van der Waals surface area (Å²) < 4.78 is 7.36. The molecule has 0 spiro atoms. The van der Waals surface area contributed by atoms with E-state index < -0.39 is 0 Å². The average molecular weight is 231 g/mol. The van der Waals surface area contributed by atoms with Crippen molar-refractivity contribution in [2.45, 2.75) is 20.3 Å². The van der Waals surface area contributed by atoms with Gasteiger partial charge in [0.05, 0.1) is 7.11 Å². The molecule has 17 heavy (non-hydrogen) atoms. The van der Waals surface area contributed by atoms with Gasteiger partial charge in [-0.05, 0) is 37.6 Å². The number of hydrogen-bond donors (Lipinski definition) is 0. The van der Waals surface area contributed by atoms with Crippen LogP contribution in [0.1, 0.15) is 18.2 Å². The van der Waals surface area contributed by atoms with Crippen LogP contribution in [-0.4, -0.2) is 17.5 Å². The predicted octanol–water partition coefficient (Wildman–Crippen LogP) is 2.63. The zero-order valence-electron chi connectivity index (χ0n) is 10.7. The summed E-state index contributed by atoms with van der Waals surface area (Å²) in [7, 11) is 3.68. The molecular formula is C14H17NO2. The van der Waals surface area contributed by atoms with Crippen LogP contribution in [0.3, 0.4) is 0 Å². The first-order valence-corrected chi connectivity index (χ1v) is 5.66.